The van der Waals surface area contributed by atoms with Crippen molar-refractivity contribution in [2.75, 3.05) is 6.61 Å². The Bertz CT molecular complexity index is 284. The third-order valence-corrected chi connectivity index (χ3v) is 2.60. The Morgan fingerprint density at radius 1 is 1.50 bits per heavy atom. The summed E-state index contributed by atoms with van der Waals surface area (Å²) in [6, 6.07) is -1.55. The summed E-state index contributed by atoms with van der Waals surface area (Å²) < 4.78 is 32.7. The first-order valence-electron chi connectivity index (χ1n) is 4.34. The van der Waals surface area contributed by atoms with E-state index in [1.165, 1.54) is 0 Å². The van der Waals surface area contributed by atoms with Gasteiger partial charge in [-0.25, -0.2) is 8.96 Å². The zero-order valence-corrected chi connectivity index (χ0v) is 8.90. The second-order valence-electron chi connectivity index (χ2n) is 3.33. The lowest BCUT2D eigenvalue weighted by atomic mass is 9.99. The molecule has 0 aromatic rings. The highest BCUT2D eigenvalue weighted by molar-refractivity contribution is 7.46. The molecule has 0 radical (unpaired) electrons. The first-order chi connectivity index (χ1) is 7.26. The zero-order chi connectivity index (χ0) is 12.5. The van der Waals surface area contributed by atoms with Crippen LogP contribution < -0.4 is 5.73 Å². The summed E-state index contributed by atoms with van der Waals surface area (Å²) in [7, 11) is -4.89. The van der Waals surface area contributed by atoms with E-state index in [4.69, 9.17) is 25.4 Å². The number of nitrogens with two attached hydrogens (primary N) is 1. The maximum Gasteiger partial charge on any atom is 0.471 e. The lowest BCUT2D eigenvalue weighted by Gasteiger charge is -2.38. The van der Waals surface area contributed by atoms with Gasteiger partial charge in [-0.15, -0.1) is 0 Å². The molecule has 1 rings (SSSR count). The largest absolute Gasteiger partial charge is 0.471 e. The predicted octanol–water partition coefficient (Wildman–Crippen LogP) is -2.16. The summed E-state index contributed by atoms with van der Waals surface area (Å²) in [5, 5.41) is 18.0. The highest BCUT2D eigenvalue weighted by Gasteiger charge is 2.46. The topological polar surface area (TPSA) is 142 Å². The average Bonchev–Trinajstić information content (AvgIpc) is 2.17. The molecule has 1 aliphatic rings. The molecule has 5 atom stereocenters. The highest BCUT2D eigenvalue weighted by atomic mass is 31.2. The van der Waals surface area contributed by atoms with Gasteiger partial charge in [0.15, 0.2) is 6.29 Å². The molecular weight excluding hydrogens is 248 g/mol. The molecule has 0 unspecified atom stereocenters. The molecule has 6 N–H and O–H groups in total. The van der Waals surface area contributed by atoms with Gasteiger partial charge in [0.25, 0.3) is 0 Å². The Morgan fingerprint density at radius 3 is 2.50 bits per heavy atom. The quantitative estimate of drug-likeness (QED) is 0.361. The van der Waals surface area contributed by atoms with Crippen molar-refractivity contribution in [1.29, 1.82) is 0 Å². The molecule has 10 heteroatoms. The van der Waals surface area contributed by atoms with Crippen molar-refractivity contribution in [3.05, 3.63) is 0 Å². The van der Waals surface area contributed by atoms with E-state index < -0.39 is 45.1 Å². The summed E-state index contributed by atoms with van der Waals surface area (Å²) in [6.07, 6.45) is -6.75. The van der Waals surface area contributed by atoms with Crippen molar-refractivity contribution >= 4 is 7.82 Å². The molecule has 1 fully saturated rings. The molecule has 1 heterocycles. The third-order valence-electron chi connectivity index (χ3n) is 2.12. The minimum Gasteiger partial charge on any atom is -0.394 e. The molecule has 0 aliphatic carbocycles. The second kappa shape index (κ2) is 5.03. The first-order valence-corrected chi connectivity index (χ1v) is 5.87. The summed E-state index contributed by atoms with van der Waals surface area (Å²) >= 11 is 0. The van der Waals surface area contributed by atoms with Gasteiger partial charge in [0.05, 0.1) is 12.6 Å². The van der Waals surface area contributed by atoms with Crippen molar-refractivity contribution in [3.8, 4) is 0 Å². The van der Waals surface area contributed by atoms with Gasteiger partial charge in [0.2, 0.25) is 0 Å². The van der Waals surface area contributed by atoms with Crippen LogP contribution in [0.4, 0.5) is 4.39 Å². The van der Waals surface area contributed by atoms with Gasteiger partial charge in [-0.05, 0) is 0 Å². The van der Waals surface area contributed by atoms with E-state index in [-0.39, 0.29) is 0 Å². The molecule has 0 saturated carbocycles. The van der Waals surface area contributed by atoms with E-state index in [0.717, 1.165) is 0 Å². The van der Waals surface area contributed by atoms with Crippen LogP contribution in [0.5, 0.6) is 0 Å². The maximum atomic E-state index is 13.3. The Morgan fingerprint density at radius 2 is 2.06 bits per heavy atom. The van der Waals surface area contributed by atoms with Gasteiger partial charge in [0.1, 0.15) is 18.4 Å². The molecular formula is C6H13FNO7P. The smallest absolute Gasteiger partial charge is 0.394 e. The Kier molecular flexibility index (Phi) is 4.38. The molecule has 0 aromatic carbocycles. The number of hydrogen-bond donors (Lipinski definition) is 5. The number of aliphatic hydroxyl groups is 2. The molecule has 1 aliphatic heterocycles. The SMILES string of the molecule is N[C@@H]1[C@H](OP(=O)(O)O)O[C@H](CO)[C@@H](O)[C@H]1F. The number of alkyl halides is 1. The van der Waals surface area contributed by atoms with E-state index in [9.17, 15) is 14.1 Å². The minimum absolute atomic E-state index is 0.727. The Balaban J connectivity index is 2.75. The van der Waals surface area contributed by atoms with Gasteiger partial charge in [-0.2, -0.15) is 0 Å². The lowest BCUT2D eigenvalue weighted by Crippen LogP contribution is -2.60. The van der Waals surface area contributed by atoms with Crippen molar-refractivity contribution in [2.24, 2.45) is 5.73 Å². The average molecular weight is 261 g/mol. The first kappa shape index (κ1) is 13.9. The predicted molar refractivity (Wildman–Crippen MR) is 47.8 cm³/mol. The molecule has 16 heavy (non-hydrogen) atoms. The van der Waals surface area contributed by atoms with Crippen molar-refractivity contribution in [2.45, 2.75) is 30.7 Å². The fraction of sp³-hybridized carbons (Fsp3) is 1.00. The number of hydrogen-bond acceptors (Lipinski definition) is 6. The van der Waals surface area contributed by atoms with Gasteiger partial charge in [-0.3, -0.25) is 4.52 Å². The number of rotatable bonds is 3. The Labute approximate surface area is 90.0 Å². The van der Waals surface area contributed by atoms with E-state index in [0.29, 0.717) is 0 Å². The van der Waals surface area contributed by atoms with Crippen LogP contribution in [0, 0.1) is 0 Å². The molecule has 0 spiro atoms. The number of phosphoric ester groups is 1. The van der Waals surface area contributed by atoms with E-state index >= 15 is 0 Å². The summed E-state index contributed by atoms with van der Waals surface area (Å²) in [5.41, 5.74) is 5.23. The van der Waals surface area contributed by atoms with Gasteiger partial charge in [0, 0.05) is 0 Å². The van der Waals surface area contributed by atoms with Crippen LogP contribution in [0.1, 0.15) is 0 Å². The summed E-state index contributed by atoms with van der Waals surface area (Å²) in [6.45, 7) is -0.727. The van der Waals surface area contributed by atoms with Crippen molar-refractivity contribution in [3.63, 3.8) is 0 Å². The fourth-order valence-corrected chi connectivity index (χ4v) is 1.77. The maximum absolute atomic E-state index is 13.3. The molecule has 0 bridgehead atoms. The lowest BCUT2D eigenvalue weighted by molar-refractivity contribution is -0.231. The second-order valence-corrected chi connectivity index (χ2v) is 4.53. The van der Waals surface area contributed by atoms with Crippen LogP contribution >= 0.6 is 7.82 Å². The van der Waals surface area contributed by atoms with E-state index in [1.807, 2.05) is 0 Å². The van der Waals surface area contributed by atoms with Crippen molar-refractivity contribution in [1.82, 2.24) is 0 Å². The van der Waals surface area contributed by atoms with E-state index in [2.05, 4.69) is 4.52 Å². The van der Waals surface area contributed by atoms with Crippen LogP contribution in [0.3, 0.4) is 0 Å². The summed E-state index contributed by atoms with van der Waals surface area (Å²) in [5.74, 6) is 0. The molecule has 96 valence electrons. The van der Waals surface area contributed by atoms with Gasteiger partial charge >= 0.3 is 7.82 Å². The third kappa shape index (κ3) is 3.19. The fourth-order valence-electron chi connectivity index (χ4n) is 1.31. The monoisotopic (exact) mass is 261 g/mol. The number of ether oxygens (including phenoxy) is 1. The van der Waals surface area contributed by atoms with Gasteiger partial charge in [-0.1, -0.05) is 0 Å². The standard InChI is InChI=1S/C6H13FNO7P/c7-3-4(8)6(15-16(11,12)13)14-2(1-9)5(3)10/h2-6,9-10H,1,8H2,(H2,11,12,13)/t2-,3+,4+,5-,6+/m1/s1. The van der Waals surface area contributed by atoms with Gasteiger partial charge < -0.3 is 30.5 Å². The van der Waals surface area contributed by atoms with Crippen LogP contribution in [0.15, 0.2) is 0 Å². The normalized spacial score (nSPS) is 41.0. The molecule has 1 saturated heterocycles. The highest BCUT2D eigenvalue weighted by Crippen LogP contribution is 2.40. The molecule has 0 amide bonds. The van der Waals surface area contributed by atoms with Crippen LogP contribution in [-0.4, -0.2) is 57.3 Å². The number of aliphatic hydroxyl groups excluding tert-OH is 2. The van der Waals surface area contributed by atoms with Crippen molar-refractivity contribution < 1.29 is 38.2 Å². The van der Waals surface area contributed by atoms with E-state index in [1.54, 1.807) is 0 Å². The van der Waals surface area contributed by atoms with Crippen LogP contribution in [0.25, 0.3) is 0 Å². The van der Waals surface area contributed by atoms with Crippen LogP contribution in [-0.2, 0) is 13.8 Å². The minimum atomic E-state index is -4.89. The molecule has 0 aromatic heterocycles. The Hall–Kier alpha value is -0.120. The van der Waals surface area contributed by atoms with Crippen LogP contribution in [0.2, 0.25) is 0 Å². The number of halogens is 1. The number of phosphoric acid groups is 1. The molecule has 8 nitrogen and oxygen atoms in total. The summed E-state index contributed by atoms with van der Waals surface area (Å²) in [4.78, 5) is 17.0. The zero-order valence-electron chi connectivity index (χ0n) is 8.01.